The van der Waals surface area contributed by atoms with E-state index in [-0.39, 0.29) is 5.91 Å². The van der Waals surface area contributed by atoms with Crippen LogP contribution in [-0.2, 0) is 11.2 Å². The van der Waals surface area contributed by atoms with Gasteiger partial charge in [-0.2, -0.15) is 14.6 Å². The Hall–Kier alpha value is -3.75. The summed E-state index contributed by atoms with van der Waals surface area (Å²) < 4.78 is 7.40. The lowest BCUT2D eigenvalue weighted by molar-refractivity contribution is -0.121. The lowest BCUT2D eigenvalue weighted by Crippen LogP contribution is -2.29. The van der Waals surface area contributed by atoms with Gasteiger partial charge < -0.3 is 15.1 Å². The fourth-order valence-corrected chi connectivity index (χ4v) is 3.10. The van der Waals surface area contributed by atoms with Crippen molar-refractivity contribution >= 4 is 17.5 Å². The van der Waals surface area contributed by atoms with Crippen LogP contribution in [0.3, 0.4) is 0 Å². The molecule has 0 aliphatic carbocycles. The number of anilines is 1. The summed E-state index contributed by atoms with van der Waals surface area (Å²) in [5.41, 5.74) is 1.85. The van der Waals surface area contributed by atoms with Crippen LogP contribution >= 0.6 is 0 Å². The predicted molar refractivity (Wildman–Crippen MR) is 112 cm³/mol. The van der Waals surface area contributed by atoms with E-state index in [4.69, 9.17) is 4.42 Å². The van der Waals surface area contributed by atoms with Crippen LogP contribution in [0, 0.1) is 6.92 Å². The van der Waals surface area contributed by atoms with E-state index >= 15 is 0 Å². The Labute approximate surface area is 173 Å². The molecule has 0 radical (unpaired) electrons. The second-order valence-electron chi connectivity index (χ2n) is 6.87. The molecule has 30 heavy (non-hydrogen) atoms. The summed E-state index contributed by atoms with van der Waals surface area (Å²) in [6, 6.07) is 11.7. The Morgan fingerprint density at radius 3 is 2.90 bits per heavy atom. The van der Waals surface area contributed by atoms with Gasteiger partial charge in [-0.1, -0.05) is 30.3 Å². The first-order chi connectivity index (χ1) is 14.7. The topological polar surface area (TPSA) is 110 Å². The van der Waals surface area contributed by atoms with Crippen molar-refractivity contribution in [2.75, 3.05) is 18.4 Å². The summed E-state index contributed by atoms with van der Waals surface area (Å²) in [6.45, 7) is 2.98. The molecule has 4 rings (SSSR count). The van der Waals surface area contributed by atoms with E-state index in [1.807, 2.05) is 43.3 Å². The number of hydrogen-bond acceptors (Lipinski definition) is 7. The van der Waals surface area contributed by atoms with Gasteiger partial charge in [0, 0.05) is 43.3 Å². The highest BCUT2D eigenvalue weighted by Gasteiger charge is 2.08. The molecule has 0 bridgehead atoms. The molecular formula is C21H23N7O2. The Morgan fingerprint density at radius 2 is 2.03 bits per heavy atom. The largest absolute Gasteiger partial charge is 0.441 e. The van der Waals surface area contributed by atoms with E-state index in [1.165, 1.54) is 6.33 Å². The molecule has 0 atom stereocenters. The SMILES string of the molecule is Cc1cc(NCCNC(=O)CCCc2ncc(-c3ccccc3)o2)n2ncnc2n1. The van der Waals surface area contributed by atoms with Crippen LogP contribution in [0.5, 0.6) is 0 Å². The van der Waals surface area contributed by atoms with E-state index in [1.54, 1.807) is 10.7 Å². The van der Waals surface area contributed by atoms with Crippen molar-refractivity contribution in [2.24, 2.45) is 0 Å². The smallest absolute Gasteiger partial charge is 0.254 e. The quantitative estimate of drug-likeness (QED) is 0.412. The molecule has 9 nitrogen and oxygen atoms in total. The zero-order valence-corrected chi connectivity index (χ0v) is 16.7. The molecule has 0 saturated carbocycles. The first kappa shape index (κ1) is 19.6. The van der Waals surface area contributed by atoms with Gasteiger partial charge in [0.1, 0.15) is 12.1 Å². The minimum Gasteiger partial charge on any atom is -0.441 e. The Kier molecular flexibility index (Phi) is 5.98. The van der Waals surface area contributed by atoms with Crippen molar-refractivity contribution in [3.63, 3.8) is 0 Å². The monoisotopic (exact) mass is 405 g/mol. The number of nitrogens with one attached hydrogen (secondary N) is 2. The molecule has 0 fully saturated rings. The van der Waals surface area contributed by atoms with Gasteiger partial charge in [-0.05, 0) is 13.3 Å². The zero-order chi connectivity index (χ0) is 20.8. The number of nitrogens with zero attached hydrogens (tertiary/aromatic N) is 5. The van der Waals surface area contributed by atoms with E-state index < -0.39 is 0 Å². The fourth-order valence-electron chi connectivity index (χ4n) is 3.10. The van der Waals surface area contributed by atoms with Crippen molar-refractivity contribution in [3.8, 4) is 11.3 Å². The number of carbonyl (C=O) groups excluding carboxylic acids is 1. The maximum Gasteiger partial charge on any atom is 0.254 e. The molecule has 1 aromatic carbocycles. The average Bonchev–Trinajstić information content (AvgIpc) is 3.41. The molecule has 3 aromatic heterocycles. The number of aromatic nitrogens is 5. The molecule has 1 amide bonds. The Morgan fingerprint density at radius 1 is 1.17 bits per heavy atom. The predicted octanol–water partition coefficient (Wildman–Crippen LogP) is 2.64. The minimum atomic E-state index is 0.00320. The van der Waals surface area contributed by atoms with Gasteiger partial charge >= 0.3 is 0 Å². The van der Waals surface area contributed by atoms with Crippen LogP contribution in [0.15, 0.2) is 53.3 Å². The van der Waals surface area contributed by atoms with E-state index in [0.29, 0.717) is 44.0 Å². The summed E-state index contributed by atoms with van der Waals surface area (Å²) >= 11 is 0. The number of amides is 1. The van der Waals surface area contributed by atoms with Crippen LogP contribution in [0.4, 0.5) is 5.82 Å². The van der Waals surface area contributed by atoms with Crippen LogP contribution in [0.1, 0.15) is 24.4 Å². The molecule has 0 aliphatic rings. The fraction of sp³-hybridized carbons (Fsp3) is 0.286. The molecule has 4 aromatic rings. The third-order valence-electron chi connectivity index (χ3n) is 4.54. The number of benzene rings is 1. The van der Waals surface area contributed by atoms with Gasteiger partial charge in [0.05, 0.1) is 6.20 Å². The highest BCUT2D eigenvalue weighted by molar-refractivity contribution is 5.75. The van der Waals surface area contributed by atoms with Gasteiger partial charge in [-0.15, -0.1) is 0 Å². The van der Waals surface area contributed by atoms with Crippen molar-refractivity contribution in [2.45, 2.75) is 26.2 Å². The normalized spacial score (nSPS) is 11.0. The second kappa shape index (κ2) is 9.17. The van der Waals surface area contributed by atoms with Crippen molar-refractivity contribution in [1.29, 1.82) is 0 Å². The van der Waals surface area contributed by atoms with Gasteiger partial charge in [0.15, 0.2) is 11.7 Å². The Balaban J connectivity index is 1.17. The number of carbonyl (C=O) groups is 1. The molecular weight excluding hydrogens is 382 g/mol. The lowest BCUT2D eigenvalue weighted by atomic mass is 10.2. The minimum absolute atomic E-state index is 0.00320. The molecule has 0 aliphatic heterocycles. The highest BCUT2D eigenvalue weighted by atomic mass is 16.4. The average molecular weight is 405 g/mol. The zero-order valence-electron chi connectivity index (χ0n) is 16.7. The highest BCUT2D eigenvalue weighted by Crippen LogP contribution is 2.20. The van der Waals surface area contributed by atoms with Gasteiger partial charge in [-0.25, -0.2) is 9.97 Å². The van der Waals surface area contributed by atoms with Crippen LogP contribution in [0.25, 0.3) is 17.1 Å². The van der Waals surface area contributed by atoms with Crippen LogP contribution in [0.2, 0.25) is 0 Å². The molecule has 3 heterocycles. The van der Waals surface area contributed by atoms with E-state index in [0.717, 1.165) is 22.8 Å². The molecule has 0 spiro atoms. The lowest BCUT2D eigenvalue weighted by Gasteiger charge is -2.09. The third-order valence-corrected chi connectivity index (χ3v) is 4.54. The second-order valence-corrected chi connectivity index (χ2v) is 6.87. The molecule has 154 valence electrons. The first-order valence-electron chi connectivity index (χ1n) is 9.87. The summed E-state index contributed by atoms with van der Waals surface area (Å²) in [5.74, 6) is 2.73. The van der Waals surface area contributed by atoms with Crippen molar-refractivity contribution < 1.29 is 9.21 Å². The summed E-state index contributed by atoms with van der Waals surface area (Å²) in [4.78, 5) is 24.8. The third kappa shape index (κ3) is 4.80. The standard InChI is InChI=1S/C21H23N7O2/c1-15-12-18(28-21(27-15)25-14-26-28)22-10-11-23-19(29)8-5-9-20-24-13-17(30-20)16-6-3-2-4-7-16/h2-4,6-7,12-14,22H,5,8-11H2,1H3,(H,23,29). The molecule has 0 saturated heterocycles. The van der Waals surface area contributed by atoms with Gasteiger partial charge in [-0.3, -0.25) is 4.79 Å². The van der Waals surface area contributed by atoms with E-state index in [2.05, 4.69) is 30.7 Å². The number of aryl methyl sites for hydroxylation is 2. The van der Waals surface area contributed by atoms with Gasteiger partial charge in [0.2, 0.25) is 5.91 Å². The van der Waals surface area contributed by atoms with Gasteiger partial charge in [0.25, 0.3) is 5.78 Å². The van der Waals surface area contributed by atoms with E-state index in [9.17, 15) is 4.79 Å². The summed E-state index contributed by atoms with van der Waals surface area (Å²) in [5, 5.41) is 10.3. The number of hydrogen-bond donors (Lipinski definition) is 2. The molecule has 0 unspecified atom stereocenters. The number of oxazole rings is 1. The maximum absolute atomic E-state index is 12.1. The summed E-state index contributed by atoms with van der Waals surface area (Å²) in [6.07, 6.45) is 4.91. The maximum atomic E-state index is 12.1. The molecule has 9 heteroatoms. The summed E-state index contributed by atoms with van der Waals surface area (Å²) in [7, 11) is 0. The number of fused-ring (bicyclic) bond motifs is 1. The molecule has 2 N–H and O–H groups in total. The Bertz CT molecular complexity index is 1120. The van der Waals surface area contributed by atoms with Crippen LogP contribution < -0.4 is 10.6 Å². The van der Waals surface area contributed by atoms with Crippen LogP contribution in [-0.4, -0.2) is 43.6 Å². The van der Waals surface area contributed by atoms with Crippen molar-refractivity contribution in [3.05, 3.63) is 60.5 Å². The van der Waals surface area contributed by atoms with Crippen molar-refractivity contribution in [1.82, 2.24) is 29.9 Å². The number of rotatable bonds is 9. The first-order valence-corrected chi connectivity index (χ1v) is 9.87.